The van der Waals surface area contributed by atoms with Crippen LogP contribution in [0.25, 0.3) is 0 Å². The lowest BCUT2D eigenvalue weighted by Gasteiger charge is -2.31. The molecule has 3 rings (SSSR count). The summed E-state index contributed by atoms with van der Waals surface area (Å²) >= 11 is 0. The molecule has 8 nitrogen and oxygen atoms in total. The molecule has 1 fully saturated rings. The Morgan fingerprint density at radius 2 is 2.03 bits per heavy atom. The normalized spacial score (nSPS) is 17.8. The number of halogens is 2. The molecule has 36 heavy (non-hydrogen) atoms. The standard InChI is InChI=1S/C26H34F2N4O4/c1-26(2,35)16-30-12-11-22(29)31-25(34)20(13-17-7-4-3-5-8-17)32-15-18(14-23(32)33)36-21-10-6-9-19(27)24(21)28/h6,9-12,14,17,20,30,35H,3-5,7-8,13,15-16H2,1-2H3,(H2,29,31,34)/b12-11-/t20-/m0/s1. The fraction of sp³-hybridized carbons (Fsp3) is 0.500. The highest BCUT2D eigenvalue weighted by Crippen LogP contribution is 2.31. The van der Waals surface area contributed by atoms with Gasteiger partial charge in [0.25, 0.3) is 5.91 Å². The third kappa shape index (κ3) is 7.87. The Morgan fingerprint density at radius 1 is 1.31 bits per heavy atom. The van der Waals surface area contributed by atoms with Crippen LogP contribution in [0.4, 0.5) is 8.78 Å². The molecule has 0 saturated heterocycles. The van der Waals surface area contributed by atoms with Gasteiger partial charge in [0, 0.05) is 18.8 Å². The van der Waals surface area contributed by atoms with E-state index in [4.69, 9.17) is 10.1 Å². The van der Waals surface area contributed by atoms with Gasteiger partial charge in [-0.05, 0) is 44.4 Å². The van der Waals surface area contributed by atoms with Gasteiger partial charge in [0.15, 0.2) is 11.6 Å². The maximum atomic E-state index is 14.0. The van der Waals surface area contributed by atoms with Gasteiger partial charge in [-0.25, -0.2) is 4.39 Å². The van der Waals surface area contributed by atoms with Crippen LogP contribution >= 0.6 is 0 Å². The van der Waals surface area contributed by atoms with E-state index in [-0.39, 0.29) is 36.4 Å². The van der Waals surface area contributed by atoms with Crippen molar-refractivity contribution in [2.45, 2.75) is 64.0 Å². The summed E-state index contributed by atoms with van der Waals surface area (Å²) in [5, 5.41) is 23.2. The van der Waals surface area contributed by atoms with E-state index in [2.05, 4.69) is 10.6 Å². The Morgan fingerprint density at radius 3 is 2.72 bits per heavy atom. The number of aliphatic hydroxyl groups is 1. The fourth-order valence-corrected chi connectivity index (χ4v) is 4.36. The highest BCUT2D eigenvalue weighted by molar-refractivity contribution is 6.05. The van der Waals surface area contributed by atoms with Crippen LogP contribution in [0, 0.1) is 23.0 Å². The smallest absolute Gasteiger partial charge is 0.251 e. The van der Waals surface area contributed by atoms with Crippen molar-refractivity contribution in [1.29, 1.82) is 5.41 Å². The molecular weight excluding hydrogens is 470 g/mol. The number of benzene rings is 1. The third-order valence-corrected chi connectivity index (χ3v) is 6.17. The summed E-state index contributed by atoms with van der Waals surface area (Å²) in [7, 11) is 0. The van der Waals surface area contributed by atoms with Gasteiger partial charge in [-0.2, -0.15) is 4.39 Å². The van der Waals surface area contributed by atoms with Crippen LogP contribution in [0.3, 0.4) is 0 Å². The number of nitrogens with zero attached hydrogens (tertiary/aromatic N) is 1. The molecule has 1 saturated carbocycles. The second kappa shape index (κ2) is 12.1. The van der Waals surface area contributed by atoms with Crippen LogP contribution in [0.2, 0.25) is 0 Å². The molecule has 0 spiro atoms. The number of nitrogens with one attached hydrogen (secondary N) is 3. The predicted molar refractivity (Wildman–Crippen MR) is 131 cm³/mol. The minimum absolute atomic E-state index is 0.0735. The lowest BCUT2D eigenvalue weighted by atomic mass is 9.84. The first-order chi connectivity index (χ1) is 17.0. The molecule has 0 bridgehead atoms. The van der Waals surface area contributed by atoms with E-state index < -0.39 is 35.1 Å². The van der Waals surface area contributed by atoms with E-state index >= 15 is 0 Å². The Hall–Kier alpha value is -3.27. The highest BCUT2D eigenvalue weighted by Gasteiger charge is 2.36. The SMILES string of the molecule is CC(C)(O)CN/C=C\C(=N)NC(=O)[C@H](CC1CCCCC1)N1CC(Oc2cccc(F)c2F)=CC1=O. The number of hydrogen-bond donors (Lipinski definition) is 4. The predicted octanol–water partition coefficient (Wildman–Crippen LogP) is 3.38. The van der Waals surface area contributed by atoms with E-state index in [1.54, 1.807) is 13.8 Å². The topological polar surface area (TPSA) is 115 Å². The Balaban J connectivity index is 1.68. The minimum Gasteiger partial charge on any atom is -0.456 e. The first kappa shape index (κ1) is 27.3. The third-order valence-electron chi connectivity index (χ3n) is 6.17. The van der Waals surface area contributed by atoms with E-state index in [0.717, 1.165) is 38.2 Å². The lowest BCUT2D eigenvalue weighted by Crippen LogP contribution is -2.50. The van der Waals surface area contributed by atoms with Crippen LogP contribution in [0.15, 0.2) is 42.3 Å². The van der Waals surface area contributed by atoms with Crippen LogP contribution in [-0.2, 0) is 9.59 Å². The maximum Gasteiger partial charge on any atom is 0.251 e. The zero-order valence-corrected chi connectivity index (χ0v) is 20.7. The molecule has 1 atom stereocenters. The molecule has 4 N–H and O–H groups in total. The molecule has 0 unspecified atom stereocenters. The molecule has 196 valence electrons. The number of carbonyl (C=O) groups excluding carboxylic acids is 2. The molecule has 1 aromatic carbocycles. The molecule has 2 aliphatic rings. The number of ether oxygens (including phenoxy) is 1. The number of hydrogen-bond acceptors (Lipinski definition) is 6. The van der Waals surface area contributed by atoms with Crippen molar-refractivity contribution in [1.82, 2.24) is 15.5 Å². The van der Waals surface area contributed by atoms with Gasteiger partial charge in [-0.1, -0.05) is 38.2 Å². The largest absolute Gasteiger partial charge is 0.456 e. The van der Waals surface area contributed by atoms with Gasteiger partial charge in [-0.15, -0.1) is 0 Å². The molecule has 1 heterocycles. The van der Waals surface area contributed by atoms with Crippen LogP contribution < -0.4 is 15.4 Å². The van der Waals surface area contributed by atoms with Crippen molar-refractivity contribution in [3.8, 4) is 5.75 Å². The van der Waals surface area contributed by atoms with Gasteiger partial charge in [0.2, 0.25) is 11.7 Å². The summed E-state index contributed by atoms with van der Waals surface area (Å²) in [4.78, 5) is 27.4. The number of rotatable bonds is 10. The van der Waals surface area contributed by atoms with Crippen molar-refractivity contribution >= 4 is 17.6 Å². The Kier molecular flexibility index (Phi) is 9.19. The van der Waals surface area contributed by atoms with E-state index in [9.17, 15) is 23.5 Å². The summed E-state index contributed by atoms with van der Waals surface area (Å²) in [5.74, 6) is -3.33. The van der Waals surface area contributed by atoms with Crippen LogP contribution in [-0.4, -0.2) is 52.4 Å². The van der Waals surface area contributed by atoms with E-state index in [1.165, 1.54) is 35.4 Å². The second-order valence-electron chi connectivity index (χ2n) is 9.92. The Labute approximate surface area is 209 Å². The molecule has 0 aromatic heterocycles. The quantitative estimate of drug-likeness (QED) is 0.288. The van der Waals surface area contributed by atoms with Crippen LogP contribution in [0.5, 0.6) is 5.75 Å². The van der Waals surface area contributed by atoms with Gasteiger partial charge in [0.1, 0.15) is 17.6 Å². The summed E-state index contributed by atoms with van der Waals surface area (Å²) in [6, 6.07) is 2.68. The van der Waals surface area contributed by atoms with Crippen molar-refractivity contribution in [3.63, 3.8) is 0 Å². The first-order valence-electron chi connectivity index (χ1n) is 12.2. The van der Waals surface area contributed by atoms with Crippen molar-refractivity contribution < 1.29 is 28.2 Å². The molecule has 1 aromatic rings. The second-order valence-corrected chi connectivity index (χ2v) is 9.92. The zero-order valence-electron chi connectivity index (χ0n) is 20.7. The molecule has 2 amide bonds. The average Bonchev–Trinajstić information content (AvgIpc) is 3.17. The first-order valence-corrected chi connectivity index (χ1v) is 12.2. The molecule has 1 aliphatic heterocycles. The summed E-state index contributed by atoms with van der Waals surface area (Å²) < 4.78 is 33.0. The summed E-state index contributed by atoms with van der Waals surface area (Å²) in [5.41, 5.74) is -0.932. The van der Waals surface area contributed by atoms with E-state index in [1.807, 2.05) is 0 Å². The molecular formula is C26H34F2N4O4. The minimum atomic E-state index is -1.15. The fourth-order valence-electron chi connectivity index (χ4n) is 4.36. The molecule has 0 radical (unpaired) electrons. The summed E-state index contributed by atoms with van der Waals surface area (Å²) in [6.07, 6.45) is 9.59. The van der Waals surface area contributed by atoms with Crippen molar-refractivity contribution in [2.75, 3.05) is 13.1 Å². The number of amidine groups is 1. The monoisotopic (exact) mass is 504 g/mol. The zero-order chi connectivity index (χ0) is 26.3. The number of amides is 2. The highest BCUT2D eigenvalue weighted by atomic mass is 19.2. The van der Waals surface area contributed by atoms with Crippen molar-refractivity contribution in [3.05, 3.63) is 53.9 Å². The van der Waals surface area contributed by atoms with Gasteiger partial charge < -0.3 is 25.4 Å². The molecule has 1 aliphatic carbocycles. The molecule has 10 heteroatoms. The number of carbonyl (C=O) groups is 2. The average molecular weight is 505 g/mol. The van der Waals surface area contributed by atoms with Gasteiger partial charge in [0.05, 0.1) is 12.1 Å². The Bertz CT molecular complexity index is 1030. The summed E-state index contributed by atoms with van der Waals surface area (Å²) in [6.45, 7) is 3.46. The van der Waals surface area contributed by atoms with E-state index in [0.29, 0.717) is 6.42 Å². The van der Waals surface area contributed by atoms with Crippen LogP contribution in [0.1, 0.15) is 52.4 Å². The van der Waals surface area contributed by atoms with Gasteiger partial charge >= 0.3 is 0 Å². The van der Waals surface area contributed by atoms with Crippen molar-refractivity contribution in [2.24, 2.45) is 5.92 Å². The maximum absolute atomic E-state index is 14.0. The van der Waals surface area contributed by atoms with Gasteiger partial charge in [-0.3, -0.25) is 15.0 Å². The lowest BCUT2D eigenvalue weighted by molar-refractivity contribution is -0.135.